The predicted octanol–water partition coefficient (Wildman–Crippen LogP) is 8.75. The molecular formula is C34H37N2+. The Morgan fingerprint density at radius 2 is 1.44 bits per heavy atom. The van der Waals surface area contributed by atoms with Gasteiger partial charge in [-0.15, -0.1) is 0 Å². The van der Waals surface area contributed by atoms with E-state index in [1.54, 1.807) is 0 Å². The number of allylic oxidation sites excluding steroid dienone is 1. The molecule has 1 aliphatic rings. The normalized spacial score (nSPS) is 16.2. The largest absolute Gasteiger partial charge is 0.310 e. The molecule has 3 aromatic carbocycles. The lowest BCUT2D eigenvalue weighted by Gasteiger charge is -2.36. The second kappa shape index (κ2) is 9.78. The van der Waals surface area contributed by atoms with Gasteiger partial charge >= 0.3 is 0 Å². The van der Waals surface area contributed by atoms with Crippen LogP contribution < -0.4 is 9.47 Å². The quantitative estimate of drug-likeness (QED) is 0.192. The third-order valence-corrected chi connectivity index (χ3v) is 7.81. The summed E-state index contributed by atoms with van der Waals surface area (Å²) in [6.45, 7) is 13.4. The van der Waals surface area contributed by atoms with Crippen LogP contribution in [0, 0.1) is 13.8 Å². The maximum Gasteiger partial charge on any atom is 0.213 e. The Balaban J connectivity index is 1.67. The van der Waals surface area contributed by atoms with Crippen LogP contribution in [0.4, 0.5) is 17.1 Å². The van der Waals surface area contributed by atoms with Crippen LogP contribution in [0.25, 0.3) is 11.3 Å². The fourth-order valence-electron chi connectivity index (χ4n) is 5.74. The molecule has 0 bridgehead atoms. The van der Waals surface area contributed by atoms with Gasteiger partial charge in [0.05, 0.1) is 5.56 Å². The van der Waals surface area contributed by atoms with E-state index < -0.39 is 0 Å². The van der Waals surface area contributed by atoms with Crippen LogP contribution in [-0.2, 0) is 12.0 Å². The molecule has 0 N–H and O–H groups in total. The second-order valence-corrected chi connectivity index (χ2v) is 10.2. The third kappa shape index (κ3) is 4.15. The van der Waals surface area contributed by atoms with E-state index in [1.165, 1.54) is 50.6 Å². The number of hydrogen-bond donors (Lipinski definition) is 0. The standard InChI is InChI=1S/C34H37N2/c1-6-10-27(5)34(7-2)24-28-16-21-31(23-32(28)33-11-8-9-22-35(33)34)36(29-17-12-25(3)13-18-29)30-19-14-26(4)15-20-30/h8-9,11-23H,5-7,10,24H2,1-4H3/q+1. The molecule has 0 saturated carbocycles. The van der Waals surface area contributed by atoms with Gasteiger partial charge in [0.25, 0.3) is 0 Å². The summed E-state index contributed by atoms with van der Waals surface area (Å²) in [5.41, 5.74) is 11.3. The van der Waals surface area contributed by atoms with Crippen LogP contribution in [0.3, 0.4) is 0 Å². The van der Waals surface area contributed by atoms with Crippen molar-refractivity contribution < 1.29 is 4.57 Å². The number of pyridine rings is 1. The smallest absolute Gasteiger partial charge is 0.213 e. The van der Waals surface area contributed by atoms with Crippen LogP contribution >= 0.6 is 0 Å². The zero-order valence-corrected chi connectivity index (χ0v) is 22.1. The first kappa shape index (κ1) is 24.1. The molecule has 36 heavy (non-hydrogen) atoms. The highest BCUT2D eigenvalue weighted by atomic mass is 15.1. The van der Waals surface area contributed by atoms with Gasteiger partial charge in [-0.25, -0.2) is 0 Å². The zero-order chi connectivity index (χ0) is 25.3. The Bertz CT molecular complexity index is 1340. The molecule has 5 rings (SSSR count). The van der Waals surface area contributed by atoms with Crippen molar-refractivity contribution in [2.45, 2.75) is 58.9 Å². The van der Waals surface area contributed by atoms with Gasteiger partial charge in [0.15, 0.2) is 11.7 Å². The molecule has 4 aromatic rings. The van der Waals surface area contributed by atoms with E-state index in [2.05, 4.69) is 135 Å². The predicted molar refractivity (Wildman–Crippen MR) is 152 cm³/mol. The van der Waals surface area contributed by atoms with E-state index in [4.69, 9.17) is 0 Å². The highest BCUT2D eigenvalue weighted by Gasteiger charge is 2.46. The van der Waals surface area contributed by atoms with Gasteiger partial charge < -0.3 is 4.90 Å². The summed E-state index contributed by atoms with van der Waals surface area (Å²) in [6, 6.07) is 31.2. The van der Waals surface area contributed by atoms with E-state index in [9.17, 15) is 0 Å². The van der Waals surface area contributed by atoms with Crippen LogP contribution in [0.5, 0.6) is 0 Å². The topological polar surface area (TPSA) is 7.12 Å². The Morgan fingerprint density at radius 3 is 2.03 bits per heavy atom. The van der Waals surface area contributed by atoms with Crippen LogP contribution in [0.2, 0.25) is 0 Å². The Hall–Kier alpha value is -3.65. The van der Waals surface area contributed by atoms with Crippen molar-refractivity contribution in [3.63, 3.8) is 0 Å². The van der Waals surface area contributed by atoms with Gasteiger partial charge in [0.2, 0.25) is 5.69 Å². The molecule has 0 aliphatic carbocycles. The van der Waals surface area contributed by atoms with E-state index in [1.807, 2.05) is 0 Å². The minimum atomic E-state index is -0.0747. The lowest BCUT2D eigenvalue weighted by atomic mass is 9.75. The molecule has 1 unspecified atom stereocenters. The highest BCUT2D eigenvalue weighted by Crippen LogP contribution is 2.43. The first-order valence-electron chi connectivity index (χ1n) is 13.2. The molecule has 2 heteroatoms. The average Bonchev–Trinajstić information content (AvgIpc) is 2.90. The van der Waals surface area contributed by atoms with Crippen molar-refractivity contribution in [3.8, 4) is 11.3 Å². The maximum atomic E-state index is 4.59. The summed E-state index contributed by atoms with van der Waals surface area (Å²) in [5, 5.41) is 0. The van der Waals surface area contributed by atoms with Crippen LogP contribution in [-0.4, -0.2) is 0 Å². The van der Waals surface area contributed by atoms with Crippen molar-refractivity contribution in [3.05, 3.63) is 120 Å². The number of hydrogen-bond acceptors (Lipinski definition) is 1. The molecule has 2 nitrogen and oxygen atoms in total. The van der Waals surface area contributed by atoms with Crippen molar-refractivity contribution in [2.75, 3.05) is 4.90 Å². The molecule has 182 valence electrons. The molecule has 0 fully saturated rings. The monoisotopic (exact) mass is 473 g/mol. The zero-order valence-electron chi connectivity index (χ0n) is 22.1. The molecule has 1 atom stereocenters. The Morgan fingerprint density at radius 1 is 0.833 bits per heavy atom. The highest BCUT2D eigenvalue weighted by molar-refractivity contribution is 5.80. The fourth-order valence-corrected chi connectivity index (χ4v) is 5.74. The van der Waals surface area contributed by atoms with Crippen LogP contribution in [0.1, 0.15) is 49.8 Å². The van der Waals surface area contributed by atoms with E-state index >= 15 is 0 Å². The summed E-state index contributed by atoms with van der Waals surface area (Å²) in [5.74, 6) is 0. The van der Waals surface area contributed by atoms with E-state index in [0.717, 1.165) is 25.7 Å². The number of aromatic nitrogens is 1. The van der Waals surface area contributed by atoms with E-state index in [0.29, 0.717) is 0 Å². The van der Waals surface area contributed by atoms with Crippen LogP contribution in [0.15, 0.2) is 103 Å². The molecule has 0 amide bonds. The summed E-state index contributed by atoms with van der Waals surface area (Å²) in [6.07, 6.45) is 6.45. The number of nitrogens with zero attached hydrogens (tertiary/aromatic N) is 2. The first-order chi connectivity index (χ1) is 17.5. The number of fused-ring (bicyclic) bond motifs is 3. The minimum absolute atomic E-state index is 0.0747. The number of rotatable bonds is 7. The summed E-state index contributed by atoms with van der Waals surface area (Å²) in [7, 11) is 0. The van der Waals surface area contributed by atoms with Gasteiger partial charge in [-0.05, 0) is 73.9 Å². The Labute approximate surface area is 216 Å². The number of anilines is 3. The second-order valence-electron chi connectivity index (χ2n) is 10.2. The molecular weight excluding hydrogens is 436 g/mol. The lowest BCUT2D eigenvalue weighted by molar-refractivity contribution is -0.748. The molecule has 0 saturated heterocycles. The van der Waals surface area contributed by atoms with Gasteiger partial charge in [0, 0.05) is 42.0 Å². The summed E-state index contributed by atoms with van der Waals surface area (Å²) < 4.78 is 2.50. The molecule has 0 radical (unpaired) electrons. The number of benzene rings is 3. The minimum Gasteiger partial charge on any atom is -0.310 e. The summed E-state index contributed by atoms with van der Waals surface area (Å²) in [4.78, 5) is 2.37. The third-order valence-electron chi connectivity index (χ3n) is 7.81. The van der Waals surface area contributed by atoms with E-state index in [-0.39, 0.29) is 5.54 Å². The SMILES string of the molecule is C=C(CCC)C1(CC)Cc2ccc(N(c3ccc(C)cc3)c3ccc(C)cc3)cc2-c2cccc[n+]21. The van der Waals surface area contributed by atoms with Crippen molar-refractivity contribution in [1.29, 1.82) is 0 Å². The van der Waals surface area contributed by atoms with Gasteiger partial charge in [-0.1, -0.05) is 68.3 Å². The van der Waals surface area contributed by atoms with Crippen molar-refractivity contribution in [1.82, 2.24) is 0 Å². The number of aryl methyl sites for hydroxylation is 2. The van der Waals surface area contributed by atoms with Gasteiger partial charge in [0.1, 0.15) is 0 Å². The maximum absolute atomic E-state index is 4.59. The van der Waals surface area contributed by atoms with Crippen molar-refractivity contribution >= 4 is 17.1 Å². The Kier molecular flexibility index (Phi) is 6.53. The lowest BCUT2D eigenvalue weighted by Crippen LogP contribution is -2.61. The fraction of sp³-hybridized carbons (Fsp3) is 0.265. The van der Waals surface area contributed by atoms with Gasteiger partial charge in [-0.2, -0.15) is 4.57 Å². The summed E-state index contributed by atoms with van der Waals surface area (Å²) >= 11 is 0. The van der Waals surface area contributed by atoms with Crippen molar-refractivity contribution in [2.24, 2.45) is 0 Å². The van der Waals surface area contributed by atoms with Gasteiger partial charge in [-0.3, -0.25) is 0 Å². The first-order valence-corrected chi connectivity index (χ1v) is 13.2. The molecule has 2 heterocycles. The molecule has 1 aromatic heterocycles. The average molecular weight is 474 g/mol. The molecule has 0 spiro atoms. The molecule has 1 aliphatic heterocycles.